The van der Waals surface area contributed by atoms with Crippen molar-refractivity contribution in [2.75, 3.05) is 0 Å². The number of para-hydroxylation sites is 2. The van der Waals surface area contributed by atoms with Gasteiger partial charge in [-0.15, -0.1) is 0 Å². The number of benzene rings is 6. The minimum Gasteiger partial charge on any atom is -0.507 e. The van der Waals surface area contributed by atoms with Gasteiger partial charge in [0.2, 0.25) is 0 Å². The molecule has 2 heterocycles. The molecule has 0 aliphatic heterocycles. The van der Waals surface area contributed by atoms with Gasteiger partial charge >= 0.3 is 0 Å². The quantitative estimate of drug-likeness (QED) is 0.217. The normalized spacial score (nSPS) is 11.4. The van der Waals surface area contributed by atoms with E-state index >= 15 is 0 Å². The van der Waals surface area contributed by atoms with Crippen molar-refractivity contribution >= 4 is 22.1 Å². The van der Waals surface area contributed by atoms with Crippen LogP contribution in [0.25, 0.3) is 67.3 Å². The molecule has 6 nitrogen and oxygen atoms in total. The molecule has 0 atom stereocenters. The molecule has 0 unspecified atom stereocenters. The van der Waals surface area contributed by atoms with E-state index in [2.05, 4.69) is 9.13 Å². The summed E-state index contributed by atoms with van der Waals surface area (Å²) in [6.45, 7) is 0. The Kier molecular flexibility index (Phi) is 5.98. The van der Waals surface area contributed by atoms with Crippen LogP contribution in [0.5, 0.6) is 11.5 Å². The molecule has 0 fully saturated rings. The number of nitrogens with zero attached hydrogens (tertiary/aromatic N) is 4. The Labute approximate surface area is 253 Å². The van der Waals surface area contributed by atoms with Crippen molar-refractivity contribution in [3.05, 3.63) is 146 Å². The molecule has 0 bridgehead atoms. The van der Waals surface area contributed by atoms with Gasteiger partial charge in [0.1, 0.15) is 34.2 Å². The zero-order valence-electron chi connectivity index (χ0n) is 23.5. The van der Waals surface area contributed by atoms with Crippen molar-refractivity contribution < 1.29 is 10.2 Å². The predicted octanol–water partition coefficient (Wildman–Crippen LogP) is 8.78. The highest BCUT2D eigenvalue weighted by Crippen LogP contribution is 2.46. The molecule has 0 aliphatic rings. The Balaban J connectivity index is 1.48. The number of fused-ring (bicyclic) bond motifs is 2. The second-order valence-corrected chi connectivity index (χ2v) is 10.6. The van der Waals surface area contributed by atoms with E-state index in [0.717, 1.165) is 45.2 Å². The minimum absolute atomic E-state index is 0.00754. The van der Waals surface area contributed by atoms with Crippen LogP contribution < -0.4 is 0 Å². The van der Waals surface area contributed by atoms with Crippen LogP contribution in [0, 0.1) is 0 Å². The lowest BCUT2D eigenvalue weighted by atomic mass is 10.00. The lowest BCUT2D eigenvalue weighted by Crippen LogP contribution is -1.97. The minimum atomic E-state index is 0.00754. The molecule has 0 aliphatic carbocycles. The van der Waals surface area contributed by atoms with Gasteiger partial charge in [-0.3, -0.25) is 9.13 Å². The maximum absolute atomic E-state index is 11.5. The van der Waals surface area contributed by atoms with E-state index in [-0.39, 0.29) is 11.5 Å². The lowest BCUT2D eigenvalue weighted by Gasteiger charge is -2.12. The van der Waals surface area contributed by atoms with Crippen LogP contribution in [0.2, 0.25) is 0 Å². The maximum atomic E-state index is 11.5. The van der Waals surface area contributed by atoms with Gasteiger partial charge < -0.3 is 10.2 Å². The summed E-state index contributed by atoms with van der Waals surface area (Å²) >= 11 is 0. The predicted molar refractivity (Wildman–Crippen MR) is 175 cm³/mol. The van der Waals surface area contributed by atoms with E-state index in [1.807, 2.05) is 133 Å². The van der Waals surface area contributed by atoms with Crippen molar-refractivity contribution in [3.8, 4) is 56.8 Å². The molecule has 0 saturated carbocycles. The molecular formula is C38H26N4O2. The lowest BCUT2D eigenvalue weighted by molar-refractivity contribution is 0.470. The van der Waals surface area contributed by atoms with Gasteiger partial charge in [0.25, 0.3) is 0 Å². The highest BCUT2D eigenvalue weighted by molar-refractivity contribution is 6.08. The number of hydrogen-bond acceptors (Lipinski definition) is 4. The van der Waals surface area contributed by atoms with Gasteiger partial charge in [-0.25, -0.2) is 9.97 Å². The molecule has 44 heavy (non-hydrogen) atoms. The van der Waals surface area contributed by atoms with E-state index in [0.29, 0.717) is 22.2 Å². The smallest absolute Gasteiger partial charge is 0.145 e. The van der Waals surface area contributed by atoms with Crippen LogP contribution >= 0.6 is 0 Å². The summed E-state index contributed by atoms with van der Waals surface area (Å²) in [7, 11) is 0. The van der Waals surface area contributed by atoms with Crippen molar-refractivity contribution in [1.29, 1.82) is 0 Å². The number of phenols is 2. The Hall–Kier alpha value is -6.14. The first-order valence-electron chi connectivity index (χ1n) is 14.4. The molecule has 0 spiro atoms. The summed E-state index contributed by atoms with van der Waals surface area (Å²) in [6.07, 6.45) is 0. The van der Waals surface area contributed by atoms with Crippen LogP contribution in [0.1, 0.15) is 0 Å². The van der Waals surface area contributed by atoms with Gasteiger partial charge in [0, 0.05) is 22.5 Å². The first-order valence-corrected chi connectivity index (χ1v) is 14.4. The number of hydrogen-bond donors (Lipinski definition) is 2. The summed E-state index contributed by atoms with van der Waals surface area (Å²) in [6, 6.07) is 47.1. The molecular weight excluding hydrogens is 544 g/mol. The fraction of sp³-hybridized carbons (Fsp3) is 0. The van der Waals surface area contributed by atoms with E-state index in [1.54, 1.807) is 12.1 Å². The number of imidazole rings is 2. The first-order chi connectivity index (χ1) is 21.7. The molecule has 0 amide bonds. The van der Waals surface area contributed by atoms with Gasteiger partial charge in [-0.1, -0.05) is 97.1 Å². The van der Waals surface area contributed by atoms with Crippen molar-refractivity contribution in [2.45, 2.75) is 0 Å². The zero-order chi connectivity index (χ0) is 29.6. The van der Waals surface area contributed by atoms with Gasteiger partial charge in [-0.2, -0.15) is 0 Å². The second kappa shape index (κ2) is 10.3. The summed E-state index contributed by atoms with van der Waals surface area (Å²) in [5.41, 5.74) is 7.30. The molecule has 0 saturated heterocycles. The highest BCUT2D eigenvalue weighted by atomic mass is 16.3. The molecule has 6 aromatic carbocycles. The van der Waals surface area contributed by atoms with E-state index in [9.17, 15) is 10.2 Å². The maximum Gasteiger partial charge on any atom is 0.145 e. The number of aromatic hydroxyl groups is 2. The fourth-order valence-corrected chi connectivity index (χ4v) is 6.00. The van der Waals surface area contributed by atoms with E-state index in [1.165, 1.54) is 0 Å². The van der Waals surface area contributed by atoms with Crippen LogP contribution in [-0.2, 0) is 0 Å². The monoisotopic (exact) mass is 570 g/mol. The first kappa shape index (κ1) is 25.6. The average molecular weight is 571 g/mol. The van der Waals surface area contributed by atoms with Crippen LogP contribution in [0.15, 0.2) is 146 Å². The largest absolute Gasteiger partial charge is 0.507 e. The third-order valence-electron chi connectivity index (χ3n) is 7.95. The van der Waals surface area contributed by atoms with Crippen LogP contribution in [-0.4, -0.2) is 29.3 Å². The summed E-state index contributed by atoms with van der Waals surface area (Å²) in [5, 5.41) is 23.0. The Morgan fingerprint density at radius 3 is 1.09 bits per heavy atom. The van der Waals surface area contributed by atoms with E-state index < -0.39 is 0 Å². The van der Waals surface area contributed by atoms with Crippen molar-refractivity contribution in [3.63, 3.8) is 0 Å². The zero-order valence-corrected chi connectivity index (χ0v) is 23.5. The Morgan fingerprint density at radius 1 is 0.386 bits per heavy atom. The number of rotatable bonds is 5. The van der Waals surface area contributed by atoms with Gasteiger partial charge in [0.15, 0.2) is 0 Å². The van der Waals surface area contributed by atoms with Gasteiger partial charge in [0.05, 0.1) is 22.2 Å². The molecule has 2 aromatic heterocycles. The third kappa shape index (κ3) is 4.04. The number of phenolic OH excluding ortho intramolecular Hbond substituents is 2. The summed E-state index contributed by atoms with van der Waals surface area (Å²) < 4.78 is 4.17. The SMILES string of the molecule is Oc1ccc2c(nc(-c3ccccc3)n2-c2ccccc2)c1-c1c(O)ccc2c1nc(-c1ccccc1)n2-c1ccccc1. The standard InChI is InChI=1S/C38H26N4O2/c43-31-23-21-29-35(39-37(25-13-5-1-6-14-25)41(29)27-17-9-3-10-18-27)33(31)34-32(44)24-22-30-36(34)40-38(26-15-7-2-8-16-26)42(30)28-19-11-4-12-20-28/h1-24,43-44H. The second-order valence-electron chi connectivity index (χ2n) is 10.6. The topological polar surface area (TPSA) is 76.1 Å². The molecule has 2 N–H and O–H groups in total. The third-order valence-corrected chi connectivity index (χ3v) is 7.95. The number of aromatic nitrogens is 4. The van der Waals surface area contributed by atoms with Crippen LogP contribution in [0.4, 0.5) is 0 Å². The molecule has 6 heteroatoms. The molecule has 0 radical (unpaired) electrons. The van der Waals surface area contributed by atoms with E-state index in [4.69, 9.17) is 9.97 Å². The molecule has 210 valence electrons. The van der Waals surface area contributed by atoms with Gasteiger partial charge in [-0.05, 0) is 48.5 Å². The summed E-state index contributed by atoms with van der Waals surface area (Å²) in [4.78, 5) is 10.3. The Morgan fingerprint density at radius 2 is 0.727 bits per heavy atom. The van der Waals surface area contributed by atoms with Crippen LogP contribution in [0.3, 0.4) is 0 Å². The van der Waals surface area contributed by atoms with Crippen molar-refractivity contribution in [2.24, 2.45) is 0 Å². The highest BCUT2D eigenvalue weighted by Gasteiger charge is 2.26. The van der Waals surface area contributed by atoms with Crippen molar-refractivity contribution in [1.82, 2.24) is 19.1 Å². The Bertz CT molecular complexity index is 2110. The average Bonchev–Trinajstić information content (AvgIpc) is 3.66. The fourth-order valence-electron chi connectivity index (χ4n) is 6.00. The molecule has 8 rings (SSSR count). The summed E-state index contributed by atoms with van der Waals surface area (Å²) in [5.74, 6) is 1.47. The molecule has 8 aromatic rings.